The Balaban J connectivity index is 2.51. The Bertz CT molecular complexity index is 504. The van der Waals surface area contributed by atoms with Crippen molar-refractivity contribution in [3.63, 3.8) is 0 Å². The van der Waals surface area contributed by atoms with Crippen LogP contribution in [0.1, 0.15) is 19.0 Å². The molecule has 0 aromatic carbocycles. The van der Waals surface area contributed by atoms with Crippen LogP contribution >= 0.6 is 0 Å². The van der Waals surface area contributed by atoms with Gasteiger partial charge in [0.2, 0.25) is 0 Å². The third-order valence-electron chi connectivity index (χ3n) is 2.08. The molecule has 0 saturated heterocycles. The largest absolute Gasteiger partial charge is 0.366 e. The van der Waals surface area contributed by atoms with Crippen LogP contribution in [0.15, 0.2) is 12.4 Å². The molecule has 0 fully saturated rings. The second kappa shape index (κ2) is 5.59. The monoisotopic (exact) mass is 254 g/mol. The van der Waals surface area contributed by atoms with Crippen molar-refractivity contribution in [1.82, 2.24) is 9.97 Å². The Morgan fingerprint density at radius 3 is 2.65 bits per heavy atom. The van der Waals surface area contributed by atoms with E-state index in [2.05, 4.69) is 15.3 Å². The molecular formula is C10H14N4O2S. The minimum Gasteiger partial charge on any atom is -0.366 e. The molecule has 0 bridgehead atoms. The van der Waals surface area contributed by atoms with Crippen molar-refractivity contribution in [1.29, 1.82) is 5.26 Å². The third-order valence-corrected chi connectivity index (χ3v) is 3.06. The maximum atomic E-state index is 11.0. The molecule has 1 aromatic heterocycles. The zero-order valence-electron chi connectivity index (χ0n) is 9.71. The van der Waals surface area contributed by atoms with Crippen LogP contribution in [0.25, 0.3) is 0 Å². The Labute approximate surface area is 101 Å². The average Bonchev–Trinajstić information content (AvgIpc) is 2.27. The maximum Gasteiger partial charge on any atom is 0.158 e. The Kier molecular flexibility index (Phi) is 4.40. The van der Waals surface area contributed by atoms with Crippen LogP contribution in [0.4, 0.5) is 5.82 Å². The van der Waals surface area contributed by atoms with Crippen LogP contribution in [0, 0.1) is 11.3 Å². The zero-order valence-corrected chi connectivity index (χ0v) is 10.5. The van der Waals surface area contributed by atoms with E-state index in [1.165, 1.54) is 18.6 Å². The molecule has 92 valence electrons. The van der Waals surface area contributed by atoms with Crippen molar-refractivity contribution in [2.75, 3.05) is 17.3 Å². The minimum absolute atomic E-state index is 0.0213. The van der Waals surface area contributed by atoms with E-state index >= 15 is 0 Å². The highest BCUT2D eigenvalue weighted by Crippen LogP contribution is 2.05. The third kappa shape index (κ3) is 5.26. The van der Waals surface area contributed by atoms with Gasteiger partial charge in [0.05, 0.1) is 18.1 Å². The molecule has 1 atom stereocenters. The molecule has 6 nitrogen and oxygen atoms in total. The predicted molar refractivity (Wildman–Crippen MR) is 64.2 cm³/mol. The molecule has 1 rings (SSSR count). The Hall–Kier alpha value is -1.68. The SMILES string of the molecule is CC(CCS(C)(=O)=O)Nc1cnc(C#N)cn1. The maximum absolute atomic E-state index is 11.0. The summed E-state index contributed by atoms with van der Waals surface area (Å²) >= 11 is 0. The number of hydrogen-bond donors (Lipinski definition) is 1. The van der Waals surface area contributed by atoms with Gasteiger partial charge in [-0.1, -0.05) is 0 Å². The van der Waals surface area contributed by atoms with Crippen LogP contribution in [0.2, 0.25) is 0 Å². The number of nitriles is 1. The van der Waals surface area contributed by atoms with Crippen molar-refractivity contribution >= 4 is 15.7 Å². The van der Waals surface area contributed by atoms with Gasteiger partial charge in [0.15, 0.2) is 5.69 Å². The predicted octanol–water partition coefficient (Wildman–Crippen LogP) is 0.583. The minimum atomic E-state index is -2.94. The normalized spacial score (nSPS) is 12.8. The highest BCUT2D eigenvalue weighted by Gasteiger charge is 2.08. The molecule has 17 heavy (non-hydrogen) atoms. The topological polar surface area (TPSA) is 95.7 Å². The van der Waals surface area contributed by atoms with E-state index in [1.807, 2.05) is 13.0 Å². The number of sulfone groups is 1. The van der Waals surface area contributed by atoms with Crippen molar-refractivity contribution in [2.45, 2.75) is 19.4 Å². The first kappa shape index (κ1) is 13.4. The first-order valence-corrected chi connectivity index (χ1v) is 7.13. The standard InChI is InChI=1S/C10H14N4O2S/c1-8(3-4-17(2,15)16)14-10-7-12-9(5-11)6-13-10/h6-8H,3-4H2,1-2H3,(H,13,14). The van der Waals surface area contributed by atoms with Crippen molar-refractivity contribution in [3.05, 3.63) is 18.1 Å². The average molecular weight is 254 g/mol. The lowest BCUT2D eigenvalue weighted by Gasteiger charge is -2.13. The molecule has 0 saturated carbocycles. The highest BCUT2D eigenvalue weighted by molar-refractivity contribution is 7.90. The van der Waals surface area contributed by atoms with Crippen LogP contribution in [-0.4, -0.2) is 36.4 Å². The fourth-order valence-corrected chi connectivity index (χ4v) is 1.96. The van der Waals surface area contributed by atoms with E-state index in [9.17, 15) is 8.42 Å². The van der Waals surface area contributed by atoms with Crippen LogP contribution in [0.3, 0.4) is 0 Å². The molecule has 1 aromatic rings. The smallest absolute Gasteiger partial charge is 0.158 e. The van der Waals surface area contributed by atoms with Crippen molar-refractivity contribution in [2.24, 2.45) is 0 Å². The molecule has 0 aliphatic carbocycles. The quantitative estimate of drug-likeness (QED) is 0.825. The van der Waals surface area contributed by atoms with Crippen molar-refractivity contribution in [3.8, 4) is 6.07 Å². The molecule has 1 heterocycles. The highest BCUT2D eigenvalue weighted by atomic mass is 32.2. The fraction of sp³-hybridized carbons (Fsp3) is 0.500. The van der Waals surface area contributed by atoms with Gasteiger partial charge in [-0.15, -0.1) is 0 Å². The summed E-state index contributed by atoms with van der Waals surface area (Å²) in [6.07, 6.45) is 4.53. The first-order chi connectivity index (χ1) is 7.90. The van der Waals surface area contributed by atoms with E-state index in [1.54, 1.807) is 0 Å². The molecule has 7 heteroatoms. The number of nitrogens with one attached hydrogen (secondary N) is 1. The molecule has 0 spiro atoms. The van der Waals surface area contributed by atoms with Gasteiger partial charge in [-0.3, -0.25) is 0 Å². The molecule has 1 N–H and O–H groups in total. The van der Waals surface area contributed by atoms with Gasteiger partial charge < -0.3 is 5.32 Å². The van der Waals surface area contributed by atoms with E-state index < -0.39 is 9.84 Å². The van der Waals surface area contributed by atoms with E-state index in [0.717, 1.165) is 0 Å². The van der Waals surface area contributed by atoms with E-state index in [0.29, 0.717) is 12.2 Å². The van der Waals surface area contributed by atoms with Gasteiger partial charge in [-0.2, -0.15) is 5.26 Å². The van der Waals surface area contributed by atoms with Gasteiger partial charge in [0.1, 0.15) is 21.7 Å². The van der Waals surface area contributed by atoms with Crippen LogP contribution in [-0.2, 0) is 9.84 Å². The molecular weight excluding hydrogens is 240 g/mol. The Morgan fingerprint density at radius 2 is 2.18 bits per heavy atom. The summed E-state index contributed by atoms with van der Waals surface area (Å²) in [7, 11) is -2.94. The molecule has 0 amide bonds. The summed E-state index contributed by atoms with van der Waals surface area (Å²) in [5, 5.41) is 11.6. The van der Waals surface area contributed by atoms with Gasteiger partial charge in [0, 0.05) is 12.3 Å². The lowest BCUT2D eigenvalue weighted by molar-refractivity contribution is 0.595. The molecule has 0 radical (unpaired) electrons. The van der Waals surface area contributed by atoms with Crippen LogP contribution < -0.4 is 5.32 Å². The first-order valence-electron chi connectivity index (χ1n) is 5.07. The zero-order chi connectivity index (χ0) is 12.9. The number of anilines is 1. The lowest BCUT2D eigenvalue weighted by atomic mass is 10.2. The molecule has 0 aliphatic rings. The number of rotatable bonds is 5. The molecule has 1 unspecified atom stereocenters. The lowest BCUT2D eigenvalue weighted by Crippen LogP contribution is -2.20. The van der Waals surface area contributed by atoms with Gasteiger partial charge in [-0.25, -0.2) is 18.4 Å². The van der Waals surface area contributed by atoms with Gasteiger partial charge in [0.25, 0.3) is 0 Å². The number of hydrogen-bond acceptors (Lipinski definition) is 6. The summed E-state index contributed by atoms with van der Waals surface area (Å²) < 4.78 is 22.0. The Morgan fingerprint density at radius 1 is 1.47 bits per heavy atom. The number of nitrogens with zero attached hydrogens (tertiary/aromatic N) is 3. The van der Waals surface area contributed by atoms with E-state index in [4.69, 9.17) is 5.26 Å². The van der Waals surface area contributed by atoms with Crippen molar-refractivity contribution < 1.29 is 8.42 Å². The fourth-order valence-electron chi connectivity index (χ4n) is 1.18. The second-order valence-corrected chi connectivity index (χ2v) is 6.12. The van der Waals surface area contributed by atoms with Gasteiger partial charge >= 0.3 is 0 Å². The summed E-state index contributed by atoms with van der Waals surface area (Å²) in [6.45, 7) is 1.87. The summed E-state index contributed by atoms with van der Waals surface area (Å²) in [4.78, 5) is 7.84. The summed E-state index contributed by atoms with van der Waals surface area (Å²) in [6, 6.07) is 1.85. The summed E-state index contributed by atoms with van der Waals surface area (Å²) in [5.41, 5.74) is 0.249. The number of aromatic nitrogens is 2. The molecule has 0 aliphatic heterocycles. The van der Waals surface area contributed by atoms with E-state index in [-0.39, 0.29) is 17.5 Å². The van der Waals surface area contributed by atoms with Crippen LogP contribution in [0.5, 0.6) is 0 Å². The second-order valence-electron chi connectivity index (χ2n) is 3.86. The van der Waals surface area contributed by atoms with Gasteiger partial charge in [-0.05, 0) is 13.3 Å². The summed E-state index contributed by atoms with van der Waals surface area (Å²) in [5.74, 6) is 0.662.